The summed E-state index contributed by atoms with van der Waals surface area (Å²) in [6.45, 7) is 3.56. The van der Waals surface area contributed by atoms with Crippen LogP contribution in [0, 0.1) is 6.92 Å². The number of ether oxygens (including phenoxy) is 2. The van der Waals surface area contributed by atoms with E-state index < -0.39 is 0 Å². The van der Waals surface area contributed by atoms with Crippen LogP contribution in [0.4, 0.5) is 0 Å². The summed E-state index contributed by atoms with van der Waals surface area (Å²) in [6, 6.07) is 15.5. The van der Waals surface area contributed by atoms with Gasteiger partial charge in [-0.1, -0.05) is 36.4 Å². The van der Waals surface area contributed by atoms with Gasteiger partial charge in [0.15, 0.2) is 0 Å². The first kappa shape index (κ1) is 17.0. The number of amides is 1. The van der Waals surface area contributed by atoms with Crippen LogP contribution in [0.2, 0.25) is 0 Å². The SMILES string of the molecule is COCCN(Cc1ccccc1)C(=O)c1ccc(C)c(OC)c1. The minimum atomic E-state index is -0.0239. The minimum Gasteiger partial charge on any atom is -0.496 e. The number of hydrogen-bond acceptors (Lipinski definition) is 3. The maximum absolute atomic E-state index is 12.8. The van der Waals surface area contributed by atoms with Gasteiger partial charge >= 0.3 is 0 Å². The zero-order valence-corrected chi connectivity index (χ0v) is 13.9. The monoisotopic (exact) mass is 313 g/mol. The summed E-state index contributed by atoms with van der Waals surface area (Å²) in [5.41, 5.74) is 2.73. The van der Waals surface area contributed by atoms with Crippen LogP contribution in [0.5, 0.6) is 5.75 Å². The van der Waals surface area contributed by atoms with Crippen LogP contribution in [0.3, 0.4) is 0 Å². The third-order valence-corrected chi connectivity index (χ3v) is 3.72. The molecular formula is C19H23NO3. The molecule has 4 nitrogen and oxygen atoms in total. The molecule has 0 heterocycles. The first-order valence-corrected chi connectivity index (χ1v) is 7.62. The highest BCUT2D eigenvalue weighted by molar-refractivity contribution is 5.94. The quantitative estimate of drug-likeness (QED) is 0.787. The number of aryl methyl sites for hydroxylation is 1. The molecule has 122 valence electrons. The third kappa shape index (κ3) is 4.57. The molecule has 0 aliphatic rings. The van der Waals surface area contributed by atoms with E-state index in [0.717, 1.165) is 16.9 Å². The Balaban J connectivity index is 2.22. The highest BCUT2D eigenvalue weighted by atomic mass is 16.5. The summed E-state index contributed by atoms with van der Waals surface area (Å²) in [4.78, 5) is 14.6. The fourth-order valence-corrected chi connectivity index (χ4v) is 2.39. The van der Waals surface area contributed by atoms with Gasteiger partial charge in [-0.25, -0.2) is 0 Å². The molecule has 0 aliphatic carbocycles. The van der Waals surface area contributed by atoms with E-state index in [-0.39, 0.29) is 5.91 Å². The van der Waals surface area contributed by atoms with E-state index in [2.05, 4.69) is 0 Å². The van der Waals surface area contributed by atoms with E-state index in [1.165, 1.54) is 0 Å². The van der Waals surface area contributed by atoms with Crippen molar-refractivity contribution in [1.29, 1.82) is 0 Å². The van der Waals surface area contributed by atoms with Gasteiger partial charge in [0.25, 0.3) is 5.91 Å². The van der Waals surface area contributed by atoms with Crippen molar-refractivity contribution in [3.63, 3.8) is 0 Å². The maximum Gasteiger partial charge on any atom is 0.254 e. The molecule has 0 saturated heterocycles. The molecule has 0 fully saturated rings. The van der Waals surface area contributed by atoms with Gasteiger partial charge in [-0.3, -0.25) is 4.79 Å². The summed E-state index contributed by atoms with van der Waals surface area (Å²) < 4.78 is 10.5. The molecule has 2 rings (SSSR count). The molecule has 0 aromatic heterocycles. The topological polar surface area (TPSA) is 38.8 Å². The Morgan fingerprint density at radius 3 is 2.48 bits per heavy atom. The summed E-state index contributed by atoms with van der Waals surface area (Å²) in [7, 11) is 3.25. The van der Waals surface area contributed by atoms with Crippen molar-refractivity contribution in [2.45, 2.75) is 13.5 Å². The third-order valence-electron chi connectivity index (χ3n) is 3.72. The zero-order chi connectivity index (χ0) is 16.7. The Hall–Kier alpha value is -2.33. The molecule has 4 heteroatoms. The number of benzene rings is 2. The number of nitrogens with zero attached hydrogens (tertiary/aromatic N) is 1. The summed E-state index contributed by atoms with van der Waals surface area (Å²) >= 11 is 0. The van der Waals surface area contributed by atoms with Gasteiger partial charge in [0.1, 0.15) is 5.75 Å². The van der Waals surface area contributed by atoms with E-state index in [1.807, 2.05) is 49.4 Å². The molecule has 2 aromatic rings. The molecule has 0 radical (unpaired) electrons. The molecule has 0 bridgehead atoms. The van der Waals surface area contributed by atoms with Gasteiger partial charge in [0.2, 0.25) is 0 Å². The molecule has 2 aromatic carbocycles. The van der Waals surface area contributed by atoms with Crippen molar-refractivity contribution in [1.82, 2.24) is 4.90 Å². The normalized spacial score (nSPS) is 10.4. The maximum atomic E-state index is 12.8. The van der Waals surface area contributed by atoms with Gasteiger partial charge in [-0.2, -0.15) is 0 Å². The number of carbonyl (C=O) groups is 1. The summed E-state index contributed by atoms with van der Waals surface area (Å²) in [6.07, 6.45) is 0. The van der Waals surface area contributed by atoms with Crippen LogP contribution < -0.4 is 4.74 Å². The lowest BCUT2D eigenvalue weighted by Crippen LogP contribution is -2.33. The van der Waals surface area contributed by atoms with E-state index in [9.17, 15) is 4.79 Å². The zero-order valence-electron chi connectivity index (χ0n) is 13.9. The predicted molar refractivity (Wildman–Crippen MR) is 90.8 cm³/mol. The minimum absolute atomic E-state index is 0.0239. The van der Waals surface area contributed by atoms with Crippen molar-refractivity contribution < 1.29 is 14.3 Å². The molecule has 0 aliphatic heterocycles. The smallest absolute Gasteiger partial charge is 0.254 e. The summed E-state index contributed by atoms with van der Waals surface area (Å²) in [5.74, 6) is 0.700. The Labute approximate surface area is 137 Å². The van der Waals surface area contributed by atoms with Crippen LogP contribution in [-0.2, 0) is 11.3 Å². The second-order valence-electron chi connectivity index (χ2n) is 5.39. The van der Waals surface area contributed by atoms with E-state index in [0.29, 0.717) is 25.3 Å². The second-order valence-corrected chi connectivity index (χ2v) is 5.39. The van der Waals surface area contributed by atoms with Crippen LogP contribution in [-0.4, -0.2) is 38.2 Å². The first-order chi connectivity index (χ1) is 11.2. The van der Waals surface area contributed by atoms with E-state index in [4.69, 9.17) is 9.47 Å². The van der Waals surface area contributed by atoms with Crippen molar-refractivity contribution in [2.75, 3.05) is 27.4 Å². The first-order valence-electron chi connectivity index (χ1n) is 7.62. The van der Waals surface area contributed by atoms with Gasteiger partial charge in [0.05, 0.1) is 13.7 Å². The largest absolute Gasteiger partial charge is 0.496 e. The second kappa shape index (κ2) is 8.34. The van der Waals surface area contributed by atoms with Gasteiger partial charge in [0, 0.05) is 25.8 Å². The van der Waals surface area contributed by atoms with Crippen LogP contribution in [0.15, 0.2) is 48.5 Å². The molecule has 0 atom stereocenters. The van der Waals surface area contributed by atoms with E-state index in [1.54, 1.807) is 25.2 Å². The fourth-order valence-electron chi connectivity index (χ4n) is 2.39. The molecule has 0 N–H and O–H groups in total. The Bertz CT molecular complexity index is 640. The molecule has 1 amide bonds. The molecular weight excluding hydrogens is 290 g/mol. The molecule has 0 saturated carbocycles. The number of rotatable bonds is 7. The molecule has 23 heavy (non-hydrogen) atoms. The Morgan fingerprint density at radius 2 is 1.83 bits per heavy atom. The molecule has 0 spiro atoms. The lowest BCUT2D eigenvalue weighted by molar-refractivity contribution is 0.0680. The lowest BCUT2D eigenvalue weighted by atomic mass is 10.1. The fraction of sp³-hybridized carbons (Fsp3) is 0.316. The Morgan fingerprint density at radius 1 is 1.09 bits per heavy atom. The van der Waals surface area contributed by atoms with Gasteiger partial charge in [-0.15, -0.1) is 0 Å². The molecule has 0 unspecified atom stereocenters. The van der Waals surface area contributed by atoms with Crippen LogP contribution >= 0.6 is 0 Å². The van der Waals surface area contributed by atoms with Crippen molar-refractivity contribution in [3.05, 3.63) is 65.2 Å². The summed E-state index contributed by atoms with van der Waals surface area (Å²) in [5, 5.41) is 0. The number of hydrogen-bond donors (Lipinski definition) is 0. The number of carbonyl (C=O) groups excluding carboxylic acids is 1. The van der Waals surface area contributed by atoms with E-state index >= 15 is 0 Å². The van der Waals surface area contributed by atoms with Crippen LogP contribution in [0.25, 0.3) is 0 Å². The average molecular weight is 313 g/mol. The highest BCUT2D eigenvalue weighted by Gasteiger charge is 2.17. The van der Waals surface area contributed by atoms with Crippen molar-refractivity contribution in [3.8, 4) is 5.75 Å². The van der Waals surface area contributed by atoms with Crippen LogP contribution in [0.1, 0.15) is 21.5 Å². The lowest BCUT2D eigenvalue weighted by Gasteiger charge is -2.23. The predicted octanol–water partition coefficient (Wildman–Crippen LogP) is 3.29. The average Bonchev–Trinajstić information content (AvgIpc) is 2.59. The van der Waals surface area contributed by atoms with Gasteiger partial charge in [-0.05, 0) is 30.2 Å². The van der Waals surface area contributed by atoms with Crippen molar-refractivity contribution >= 4 is 5.91 Å². The van der Waals surface area contributed by atoms with Gasteiger partial charge < -0.3 is 14.4 Å². The number of methoxy groups -OCH3 is 2. The van der Waals surface area contributed by atoms with Crippen molar-refractivity contribution in [2.24, 2.45) is 0 Å². The Kier molecular flexibility index (Phi) is 6.18. The highest BCUT2D eigenvalue weighted by Crippen LogP contribution is 2.20. The standard InChI is InChI=1S/C19H23NO3/c1-15-9-10-17(13-18(15)23-3)19(21)20(11-12-22-2)14-16-7-5-4-6-8-16/h4-10,13H,11-12,14H2,1-3H3.